The van der Waals surface area contributed by atoms with Gasteiger partial charge in [0.1, 0.15) is 0 Å². The Morgan fingerprint density at radius 3 is 2.92 bits per heavy atom. The second-order valence-electron chi connectivity index (χ2n) is 3.87. The maximum Gasteiger partial charge on any atom is 0.0285 e. The lowest BCUT2D eigenvalue weighted by atomic mass is 10.0. The minimum absolute atomic E-state index is 0.466. The molecule has 1 heterocycles. The zero-order valence-electron chi connectivity index (χ0n) is 7.50. The molecule has 1 aliphatic rings. The summed E-state index contributed by atoms with van der Waals surface area (Å²) in [6.07, 6.45) is 4.98. The van der Waals surface area contributed by atoms with Crippen LogP contribution in [0.15, 0.2) is 15.9 Å². The van der Waals surface area contributed by atoms with E-state index in [2.05, 4.69) is 27.4 Å². The molecule has 1 nitrogen and oxygen atoms in total. The fraction of sp³-hybridized carbons (Fsp3) is 0.600. The number of hydrogen-bond acceptors (Lipinski definition) is 2. The van der Waals surface area contributed by atoms with Gasteiger partial charge in [0, 0.05) is 20.8 Å². The van der Waals surface area contributed by atoms with Gasteiger partial charge in [-0.05, 0) is 53.6 Å². The zero-order valence-corrected chi connectivity index (χ0v) is 9.90. The zero-order chi connectivity index (χ0) is 9.26. The average molecular weight is 260 g/mol. The molecule has 0 saturated heterocycles. The van der Waals surface area contributed by atoms with Crippen LogP contribution in [0, 0.1) is 5.92 Å². The Kier molecular flexibility index (Phi) is 3.06. The minimum Gasteiger partial charge on any atom is -0.328 e. The Morgan fingerprint density at radius 1 is 1.54 bits per heavy atom. The lowest BCUT2D eigenvalue weighted by molar-refractivity contribution is 0.539. The summed E-state index contributed by atoms with van der Waals surface area (Å²) in [6.45, 7) is 0. The lowest BCUT2D eigenvalue weighted by Crippen LogP contribution is -2.15. The highest BCUT2D eigenvalue weighted by atomic mass is 79.9. The van der Waals surface area contributed by atoms with Crippen molar-refractivity contribution in [3.8, 4) is 0 Å². The summed E-state index contributed by atoms with van der Waals surface area (Å²) in [7, 11) is 0. The van der Waals surface area contributed by atoms with Crippen molar-refractivity contribution in [3.63, 3.8) is 0 Å². The largest absolute Gasteiger partial charge is 0.328 e. The van der Waals surface area contributed by atoms with Crippen molar-refractivity contribution in [2.24, 2.45) is 11.7 Å². The summed E-state index contributed by atoms with van der Waals surface area (Å²) < 4.78 is 1.22. The van der Waals surface area contributed by atoms with Crippen molar-refractivity contribution in [3.05, 3.63) is 20.8 Å². The van der Waals surface area contributed by atoms with Crippen LogP contribution in [0.25, 0.3) is 0 Å². The van der Waals surface area contributed by atoms with Crippen molar-refractivity contribution >= 4 is 27.3 Å². The van der Waals surface area contributed by atoms with Crippen molar-refractivity contribution < 1.29 is 0 Å². The summed E-state index contributed by atoms with van der Waals surface area (Å²) in [5.41, 5.74) is 5.88. The molecule has 3 heteroatoms. The molecule has 72 valence electrons. The Balaban J connectivity index is 1.91. The van der Waals surface area contributed by atoms with E-state index in [-0.39, 0.29) is 0 Å². The first-order chi connectivity index (χ1) is 6.24. The summed E-state index contributed by atoms with van der Waals surface area (Å²) in [5, 5.41) is 2.16. The maximum absolute atomic E-state index is 5.88. The fourth-order valence-electron chi connectivity index (χ4n) is 2.04. The van der Waals surface area contributed by atoms with Crippen LogP contribution in [0.5, 0.6) is 0 Å². The highest BCUT2D eigenvalue weighted by Gasteiger charge is 2.22. The number of hydrogen-bond donors (Lipinski definition) is 1. The number of halogens is 1. The van der Waals surface area contributed by atoms with E-state index in [1.807, 2.05) is 11.3 Å². The molecular weight excluding hydrogens is 246 g/mol. The Hall–Kier alpha value is 0.140. The molecule has 13 heavy (non-hydrogen) atoms. The predicted octanol–water partition coefficient (Wildman–Crippen LogP) is 3.18. The summed E-state index contributed by atoms with van der Waals surface area (Å²) >= 11 is 5.33. The van der Waals surface area contributed by atoms with E-state index in [4.69, 9.17) is 5.73 Å². The van der Waals surface area contributed by atoms with E-state index in [1.165, 1.54) is 35.0 Å². The molecular formula is C10H14BrNS. The van der Waals surface area contributed by atoms with Gasteiger partial charge in [-0.3, -0.25) is 0 Å². The van der Waals surface area contributed by atoms with Gasteiger partial charge in [0.2, 0.25) is 0 Å². The molecule has 1 saturated carbocycles. The quantitative estimate of drug-likeness (QED) is 0.868. The molecule has 2 atom stereocenters. The SMILES string of the molecule is NC1CCC(Cc2cc(Br)cs2)C1. The van der Waals surface area contributed by atoms with Gasteiger partial charge in [-0.15, -0.1) is 11.3 Å². The molecule has 0 amide bonds. The molecule has 0 aromatic carbocycles. The molecule has 0 bridgehead atoms. The van der Waals surface area contributed by atoms with Crippen molar-refractivity contribution in [2.75, 3.05) is 0 Å². The Morgan fingerprint density at radius 2 is 2.38 bits per heavy atom. The van der Waals surface area contributed by atoms with Crippen LogP contribution in [-0.2, 0) is 6.42 Å². The van der Waals surface area contributed by atoms with E-state index in [0.29, 0.717) is 6.04 Å². The van der Waals surface area contributed by atoms with Gasteiger partial charge in [-0.1, -0.05) is 0 Å². The first kappa shape index (κ1) is 9.69. The highest BCUT2D eigenvalue weighted by molar-refractivity contribution is 9.10. The van der Waals surface area contributed by atoms with E-state index in [0.717, 1.165) is 5.92 Å². The summed E-state index contributed by atoms with van der Waals surface area (Å²) in [5.74, 6) is 0.834. The standard InChI is InChI=1S/C10H14BrNS/c11-8-5-10(13-6-8)4-7-1-2-9(12)3-7/h5-7,9H,1-4,12H2. The topological polar surface area (TPSA) is 26.0 Å². The Bertz CT molecular complexity index is 284. The van der Waals surface area contributed by atoms with Crippen LogP contribution in [-0.4, -0.2) is 6.04 Å². The summed E-state index contributed by atoms with van der Waals surface area (Å²) in [4.78, 5) is 1.49. The molecule has 1 aliphatic carbocycles. The minimum atomic E-state index is 0.466. The van der Waals surface area contributed by atoms with Crippen molar-refractivity contribution in [1.82, 2.24) is 0 Å². The van der Waals surface area contributed by atoms with Crippen molar-refractivity contribution in [2.45, 2.75) is 31.7 Å². The van der Waals surface area contributed by atoms with Gasteiger partial charge >= 0.3 is 0 Å². The molecule has 1 aromatic rings. The van der Waals surface area contributed by atoms with Crippen LogP contribution >= 0.6 is 27.3 Å². The summed E-state index contributed by atoms with van der Waals surface area (Å²) in [6, 6.07) is 2.70. The molecule has 2 rings (SSSR count). The van der Waals surface area contributed by atoms with E-state index in [1.54, 1.807) is 0 Å². The third-order valence-corrected chi connectivity index (χ3v) is 4.41. The number of rotatable bonds is 2. The predicted molar refractivity (Wildman–Crippen MR) is 61.0 cm³/mol. The molecule has 2 N–H and O–H groups in total. The third-order valence-electron chi connectivity index (χ3n) is 2.69. The second-order valence-corrected chi connectivity index (χ2v) is 5.79. The van der Waals surface area contributed by atoms with Gasteiger partial charge in [0.25, 0.3) is 0 Å². The van der Waals surface area contributed by atoms with E-state index < -0.39 is 0 Å². The van der Waals surface area contributed by atoms with Crippen LogP contribution in [0.1, 0.15) is 24.1 Å². The van der Waals surface area contributed by atoms with E-state index >= 15 is 0 Å². The van der Waals surface area contributed by atoms with Crippen LogP contribution in [0.3, 0.4) is 0 Å². The lowest BCUT2D eigenvalue weighted by Gasteiger charge is -2.06. The fourth-order valence-corrected chi connectivity index (χ4v) is 3.61. The van der Waals surface area contributed by atoms with Gasteiger partial charge < -0.3 is 5.73 Å². The number of thiophene rings is 1. The number of nitrogens with two attached hydrogens (primary N) is 1. The molecule has 1 fully saturated rings. The molecule has 0 spiro atoms. The first-order valence-corrected chi connectivity index (χ1v) is 6.40. The second kappa shape index (κ2) is 4.11. The van der Waals surface area contributed by atoms with Gasteiger partial charge in [0.05, 0.1) is 0 Å². The van der Waals surface area contributed by atoms with Gasteiger partial charge in [0.15, 0.2) is 0 Å². The van der Waals surface area contributed by atoms with Crippen LogP contribution < -0.4 is 5.73 Å². The van der Waals surface area contributed by atoms with Crippen molar-refractivity contribution in [1.29, 1.82) is 0 Å². The van der Waals surface area contributed by atoms with Gasteiger partial charge in [-0.2, -0.15) is 0 Å². The highest BCUT2D eigenvalue weighted by Crippen LogP contribution is 2.30. The van der Waals surface area contributed by atoms with E-state index in [9.17, 15) is 0 Å². The average Bonchev–Trinajstić information content (AvgIpc) is 2.62. The van der Waals surface area contributed by atoms with Gasteiger partial charge in [-0.25, -0.2) is 0 Å². The normalized spacial score (nSPS) is 28.2. The maximum atomic E-state index is 5.88. The smallest absolute Gasteiger partial charge is 0.0285 e. The molecule has 1 aromatic heterocycles. The third kappa shape index (κ3) is 2.55. The molecule has 0 radical (unpaired) electrons. The molecule has 2 unspecified atom stereocenters. The first-order valence-electron chi connectivity index (χ1n) is 4.72. The monoisotopic (exact) mass is 259 g/mol. The Labute approximate surface area is 91.5 Å². The van der Waals surface area contributed by atoms with Crippen LogP contribution in [0.4, 0.5) is 0 Å². The van der Waals surface area contributed by atoms with Crippen LogP contribution in [0.2, 0.25) is 0 Å². The molecule has 0 aliphatic heterocycles.